The van der Waals surface area contributed by atoms with Gasteiger partial charge in [-0.15, -0.1) is 0 Å². The molecule has 1 aromatic rings. The average molecular weight is 249 g/mol. The molecular weight excluding hydrogens is 226 g/mol. The Morgan fingerprint density at radius 2 is 2.06 bits per heavy atom. The van der Waals surface area contributed by atoms with Crippen LogP contribution in [0.25, 0.3) is 0 Å². The van der Waals surface area contributed by atoms with Crippen LogP contribution in [0.2, 0.25) is 0 Å². The lowest BCUT2D eigenvalue weighted by molar-refractivity contribution is 0.0601. The second-order valence-electron chi connectivity index (χ2n) is 4.86. The van der Waals surface area contributed by atoms with Crippen LogP contribution in [-0.4, -0.2) is 19.1 Å². The van der Waals surface area contributed by atoms with E-state index in [-0.39, 0.29) is 5.97 Å². The molecule has 0 aliphatic heterocycles. The molecule has 0 amide bonds. The maximum atomic E-state index is 11.7. The first kappa shape index (κ1) is 14.6. The minimum atomic E-state index is -0.294. The Morgan fingerprint density at radius 3 is 2.61 bits per heavy atom. The van der Waals surface area contributed by atoms with Gasteiger partial charge in [0.25, 0.3) is 0 Å². The Morgan fingerprint density at radius 1 is 1.39 bits per heavy atom. The molecule has 100 valence electrons. The number of hydrogen-bond donors (Lipinski definition) is 1. The Labute approximate surface area is 110 Å². The molecule has 1 N–H and O–H groups in total. The number of anilines is 1. The van der Waals surface area contributed by atoms with E-state index in [1.165, 1.54) is 7.11 Å². The average Bonchev–Trinajstić information content (AvgIpc) is 2.38. The van der Waals surface area contributed by atoms with Crippen molar-refractivity contribution in [2.24, 2.45) is 5.92 Å². The highest BCUT2D eigenvalue weighted by molar-refractivity contribution is 5.95. The molecule has 0 aliphatic rings. The molecule has 18 heavy (non-hydrogen) atoms. The van der Waals surface area contributed by atoms with E-state index in [1.54, 1.807) is 0 Å². The SMILES string of the molecule is CCC(C)C(C)Nc1ccc(C)cc1C(=O)OC. The van der Waals surface area contributed by atoms with E-state index in [9.17, 15) is 4.79 Å². The molecule has 0 fully saturated rings. The summed E-state index contributed by atoms with van der Waals surface area (Å²) in [6.45, 7) is 8.46. The molecule has 0 saturated heterocycles. The van der Waals surface area contributed by atoms with Crippen molar-refractivity contribution < 1.29 is 9.53 Å². The largest absolute Gasteiger partial charge is 0.465 e. The van der Waals surface area contributed by atoms with Gasteiger partial charge >= 0.3 is 5.97 Å². The zero-order valence-corrected chi connectivity index (χ0v) is 11.9. The van der Waals surface area contributed by atoms with Crippen LogP contribution in [0.5, 0.6) is 0 Å². The molecule has 2 unspecified atom stereocenters. The second-order valence-corrected chi connectivity index (χ2v) is 4.86. The first-order chi connectivity index (χ1) is 8.49. The van der Waals surface area contributed by atoms with Gasteiger partial charge in [0.05, 0.1) is 12.7 Å². The molecule has 0 aromatic heterocycles. The molecule has 0 saturated carbocycles. The van der Waals surface area contributed by atoms with Gasteiger partial charge in [-0.3, -0.25) is 0 Å². The van der Waals surface area contributed by atoms with Gasteiger partial charge in [-0.1, -0.05) is 31.9 Å². The molecule has 0 bridgehead atoms. The van der Waals surface area contributed by atoms with Gasteiger partial charge in [-0.05, 0) is 31.9 Å². The number of nitrogens with one attached hydrogen (secondary N) is 1. The van der Waals surface area contributed by atoms with Crippen molar-refractivity contribution >= 4 is 11.7 Å². The van der Waals surface area contributed by atoms with Gasteiger partial charge in [0.15, 0.2) is 0 Å². The van der Waals surface area contributed by atoms with Gasteiger partial charge < -0.3 is 10.1 Å². The van der Waals surface area contributed by atoms with Crippen LogP contribution in [0, 0.1) is 12.8 Å². The molecular formula is C15H23NO2. The van der Waals surface area contributed by atoms with Gasteiger partial charge in [-0.25, -0.2) is 4.79 Å². The van der Waals surface area contributed by atoms with E-state index >= 15 is 0 Å². The minimum absolute atomic E-state index is 0.294. The van der Waals surface area contributed by atoms with Crippen molar-refractivity contribution in [3.63, 3.8) is 0 Å². The Bertz CT molecular complexity index is 415. The number of hydrogen-bond acceptors (Lipinski definition) is 3. The summed E-state index contributed by atoms with van der Waals surface area (Å²) in [5, 5.41) is 3.40. The van der Waals surface area contributed by atoms with Gasteiger partial charge in [-0.2, -0.15) is 0 Å². The predicted molar refractivity (Wildman–Crippen MR) is 75.1 cm³/mol. The summed E-state index contributed by atoms with van der Waals surface area (Å²) in [4.78, 5) is 11.7. The highest BCUT2D eigenvalue weighted by atomic mass is 16.5. The van der Waals surface area contributed by atoms with Gasteiger partial charge in [0, 0.05) is 11.7 Å². The van der Waals surface area contributed by atoms with Gasteiger partial charge in [0.2, 0.25) is 0 Å². The van der Waals surface area contributed by atoms with Crippen molar-refractivity contribution in [2.45, 2.75) is 40.2 Å². The Hall–Kier alpha value is -1.51. The first-order valence-electron chi connectivity index (χ1n) is 6.45. The third kappa shape index (κ3) is 3.49. The zero-order valence-electron chi connectivity index (χ0n) is 11.9. The number of methoxy groups -OCH3 is 1. The minimum Gasteiger partial charge on any atom is -0.465 e. The quantitative estimate of drug-likeness (QED) is 0.810. The van der Waals surface area contributed by atoms with Crippen molar-refractivity contribution in [1.82, 2.24) is 0 Å². The number of esters is 1. The van der Waals surface area contributed by atoms with Crippen LogP contribution in [0.15, 0.2) is 18.2 Å². The summed E-state index contributed by atoms with van der Waals surface area (Å²) in [5.74, 6) is 0.259. The fourth-order valence-electron chi connectivity index (χ4n) is 1.80. The fourth-order valence-corrected chi connectivity index (χ4v) is 1.80. The maximum absolute atomic E-state index is 11.7. The van der Waals surface area contributed by atoms with Crippen molar-refractivity contribution in [2.75, 3.05) is 12.4 Å². The molecule has 0 spiro atoms. The van der Waals surface area contributed by atoms with Crippen LogP contribution in [0.3, 0.4) is 0 Å². The summed E-state index contributed by atoms with van der Waals surface area (Å²) in [5.41, 5.74) is 2.50. The number of ether oxygens (including phenoxy) is 1. The number of rotatable bonds is 5. The number of benzene rings is 1. The Kier molecular flexibility index (Phi) is 5.20. The molecule has 0 aliphatic carbocycles. The number of carbonyl (C=O) groups is 1. The topological polar surface area (TPSA) is 38.3 Å². The highest BCUT2D eigenvalue weighted by Crippen LogP contribution is 2.21. The van der Waals surface area contributed by atoms with Crippen LogP contribution >= 0.6 is 0 Å². The maximum Gasteiger partial charge on any atom is 0.339 e. The molecule has 3 nitrogen and oxygen atoms in total. The summed E-state index contributed by atoms with van der Waals surface area (Å²) >= 11 is 0. The lowest BCUT2D eigenvalue weighted by Gasteiger charge is -2.22. The molecule has 1 aromatic carbocycles. The summed E-state index contributed by atoms with van der Waals surface area (Å²) in [7, 11) is 1.41. The monoisotopic (exact) mass is 249 g/mol. The summed E-state index contributed by atoms with van der Waals surface area (Å²) in [6.07, 6.45) is 1.10. The number of aryl methyl sites for hydroxylation is 1. The van der Waals surface area contributed by atoms with E-state index in [2.05, 4.69) is 26.1 Å². The third-order valence-electron chi connectivity index (χ3n) is 3.46. The lowest BCUT2D eigenvalue weighted by atomic mass is 10.00. The van der Waals surface area contributed by atoms with Crippen LogP contribution in [0.4, 0.5) is 5.69 Å². The van der Waals surface area contributed by atoms with E-state index < -0.39 is 0 Å². The molecule has 2 atom stereocenters. The third-order valence-corrected chi connectivity index (χ3v) is 3.46. The first-order valence-corrected chi connectivity index (χ1v) is 6.45. The second kappa shape index (κ2) is 6.43. The predicted octanol–water partition coefficient (Wildman–Crippen LogP) is 3.63. The molecule has 0 heterocycles. The molecule has 0 radical (unpaired) electrons. The van der Waals surface area contributed by atoms with Crippen LogP contribution in [0.1, 0.15) is 43.1 Å². The van der Waals surface area contributed by atoms with E-state index in [1.807, 2.05) is 25.1 Å². The highest BCUT2D eigenvalue weighted by Gasteiger charge is 2.16. The summed E-state index contributed by atoms with van der Waals surface area (Å²) < 4.78 is 4.82. The molecule has 3 heteroatoms. The van der Waals surface area contributed by atoms with Crippen molar-refractivity contribution in [3.8, 4) is 0 Å². The van der Waals surface area contributed by atoms with E-state index in [4.69, 9.17) is 4.74 Å². The molecule has 1 rings (SSSR count). The zero-order chi connectivity index (χ0) is 13.7. The van der Waals surface area contributed by atoms with Crippen LogP contribution < -0.4 is 5.32 Å². The van der Waals surface area contributed by atoms with Crippen molar-refractivity contribution in [1.29, 1.82) is 0 Å². The number of carbonyl (C=O) groups excluding carboxylic acids is 1. The Balaban J connectivity index is 2.98. The van der Waals surface area contributed by atoms with E-state index in [0.717, 1.165) is 17.7 Å². The fraction of sp³-hybridized carbons (Fsp3) is 0.533. The smallest absolute Gasteiger partial charge is 0.339 e. The normalized spacial score (nSPS) is 13.8. The van der Waals surface area contributed by atoms with Crippen molar-refractivity contribution in [3.05, 3.63) is 29.3 Å². The van der Waals surface area contributed by atoms with Gasteiger partial charge in [0.1, 0.15) is 0 Å². The standard InChI is InChI=1S/C15H23NO2/c1-6-11(3)12(4)16-14-8-7-10(2)9-13(14)15(17)18-5/h7-9,11-12,16H,6H2,1-5H3. The van der Waals surface area contributed by atoms with Crippen LogP contribution in [-0.2, 0) is 4.74 Å². The summed E-state index contributed by atoms with van der Waals surface area (Å²) in [6, 6.07) is 6.12. The lowest BCUT2D eigenvalue weighted by Crippen LogP contribution is -2.24. The van der Waals surface area contributed by atoms with E-state index in [0.29, 0.717) is 17.5 Å².